The van der Waals surface area contributed by atoms with Crippen LogP contribution >= 0.6 is 0 Å². The molecule has 0 unspecified atom stereocenters. The van der Waals surface area contributed by atoms with E-state index in [4.69, 9.17) is 43.0 Å². The molecule has 0 atom stereocenters. The molecule has 6 aliphatic heterocycles. The molecule has 624 valence electrons. The smallest absolute Gasteiger partial charge is 0.331 e. The highest BCUT2D eigenvalue weighted by atomic mass is 16.6. The minimum absolute atomic E-state index is 0.203. The first-order valence-corrected chi connectivity index (χ1v) is 33.4. The summed E-state index contributed by atoms with van der Waals surface area (Å²) in [4.78, 5) is 201. The predicted octanol–water partition coefficient (Wildman–Crippen LogP) is -0.725. The van der Waals surface area contributed by atoms with Gasteiger partial charge in [-0.2, -0.15) is 0 Å². The molecule has 0 spiro atoms. The van der Waals surface area contributed by atoms with Crippen molar-refractivity contribution in [1.82, 2.24) is 63.8 Å². The van der Waals surface area contributed by atoms with Crippen LogP contribution in [0.25, 0.3) is 0 Å². The van der Waals surface area contributed by atoms with Gasteiger partial charge in [-0.15, -0.1) is 0 Å². The van der Waals surface area contributed by atoms with Crippen molar-refractivity contribution in [3.05, 3.63) is 218 Å². The number of carboxylic acid groups (broad SMARTS) is 1. The van der Waals surface area contributed by atoms with E-state index in [2.05, 4.69) is 117 Å². The molecule has 6 aliphatic rings. The number of carboxylic acids is 1. The first-order chi connectivity index (χ1) is 54.5. The number of carbonyl (C=O) groups is 18. The largest absolute Gasteiger partial charge is 0.478 e. The van der Waals surface area contributed by atoms with Gasteiger partial charge in [-0.25, -0.2) is 57.5 Å². The predicted molar refractivity (Wildman–Crippen MR) is 401 cm³/mol. The second-order valence-corrected chi connectivity index (χ2v) is 23.8. The number of nitrogens with one attached hydrogen (secondary N) is 12. The molecular weight excluding hydrogens is 1540 g/mol. The maximum Gasteiger partial charge on any atom is 0.331 e. The Morgan fingerprint density at radius 3 is 0.767 bits per heavy atom. The van der Waals surface area contributed by atoms with E-state index in [0.717, 1.165) is 66.8 Å². The van der Waals surface area contributed by atoms with Crippen molar-refractivity contribution in [3.8, 4) is 0 Å². The van der Waals surface area contributed by atoms with Crippen molar-refractivity contribution in [2.45, 2.75) is 67.1 Å². The van der Waals surface area contributed by atoms with Gasteiger partial charge in [0.1, 0.15) is 80.2 Å². The van der Waals surface area contributed by atoms with E-state index in [1.54, 1.807) is 41.5 Å². The van der Waals surface area contributed by atoms with Crippen molar-refractivity contribution in [1.29, 1.82) is 0 Å². The third kappa shape index (κ3) is 46.8. The topological polar surface area (TPSA) is 573 Å². The normalized spacial score (nSPS) is 14.7. The van der Waals surface area contributed by atoms with Crippen LogP contribution in [0.15, 0.2) is 218 Å². The van der Waals surface area contributed by atoms with Gasteiger partial charge in [0, 0.05) is 110 Å². The standard InChI is InChI=1S/2C14H18N2O5.C13H16N2O5.C12H14N2O5.C11H12N2O5.C10H10N2O5/c1-9-15-7-10(13(19)16-9)8-20-11(17)5-6-12(18)21-14(2,3)4;1-9(2)7-20-12(17)4-5-13(18)21-8-11-6-15-10(3)16-14(11)19;1-8(2)20-12(17)5-4-11(16)19-7-10-6-14-9(3)15-13(10)18;1-3-18-10(15)4-5-11(16)19-7-9-6-13-8(2)14-12(9)17;1-7-12-5-8(11(16)13-7)6-18-10(15)4-3-9(14)17-2;1-6-11-4-7(10(16)12-6)5-17-9(15)3-2-8(13)14/h5-7,15H,1,8H2,2-4H3,(H,16,19);4-6,9,15H,3,7-8H2,1-2H3,(H,16,19);4-6,8,14H,3,7H2,1-2H3,(H,15,18);4-6,13H,2-3,7H2,1H3,(H,14,17);3-5,12H,1,6H2,2H3,(H,13,16);2-4,11H,1,5H2,(H,12,16)(H,13,14)/b6-5+;3*5-4+;4-3+;3-2+. The van der Waals surface area contributed by atoms with Crippen LogP contribution in [-0.4, -0.2) is 184 Å². The van der Waals surface area contributed by atoms with Crippen molar-refractivity contribution >= 4 is 107 Å². The van der Waals surface area contributed by atoms with Crippen LogP contribution in [0.2, 0.25) is 0 Å². The molecule has 0 aromatic carbocycles. The maximum atomic E-state index is 11.5. The Morgan fingerprint density at radius 1 is 0.345 bits per heavy atom. The lowest BCUT2D eigenvalue weighted by molar-refractivity contribution is -0.149. The summed E-state index contributed by atoms with van der Waals surface area (Å²) in [6.07, 6.45) is 19.0. The molecule has 6 rings (SSSR count). The molecular formula is C74H88N12O30. The van der Waals surface area contributed by atoms with Crippen LogP contribution in [0, 0.1) is 5.92 Å². The van der Waals surface area contributed by atoms with E-state index in [-0.39, 0.29) is 98.3 Å². The fraction of sp³-hybridized carbons (Fsp3) is 0.270. The lowest BCUT2D eigenvalue weighted by Gasteiger charge is -2.18. The molecule has 6 heterocycles. The summed E-state index contributed by atoms with van der Waals surface area (Å²) < 4.78 is 52.2. The fourth-order valence-electron chi connectivity index (χ4n) is 6.77. The first-order valence-electron chi connectivity index (χ1n) is 33.4. The summed E-state index contributed by atoms with van der Waals surface area (Å²) in [5.41, 5.74) is 0.767. The summed E-state index contributed by atoms with van der Waals surface area (Å²) in [6, 6.07) is 0. The van der Waals surface area contributed by atoms with Crippen LogP contribution in [0.1, 0.15) is 55.4 Å². The minimum Gasteiger partial charge on any atom is -0.478 e. The molecule has 0 saturated carbocycles. The van der Waals surface area contributed by atoms with Crippen molar-refractivity contribution in [2.24, 2.45) is 5.92 Å². The summed E-state index contributed by atoms with van der Waals surface area (Å²) >= 11 is 0. The van der Waals surface area contributed by atoms with Crippen molar-refractivity contribution in [3.63, 3.8) is 0 Å². The molecule has 0 bridgehead atoms. The Labute approximate surface area is 663 Å². The Kier molecular flexibility index (Phi) is 44.7. The van der Waals surface area contributed by atoms with Gasteiger partial charge in [-0.1, -0.05) is 53.3 Å². The molecule has 42 heteroatoms. The first kappa shape index (κ1) is 98.6. The van der Waals surface area contributed by atoms with E-state index in [1.807, 2.05) is 13.8 Å². The van der Waals surface area contributed by atoms with E-state index in [0.29, 0.717) is 41.0 Å². The van der Waals surface area contributed by atoms with Crippen molar-refractivity contribution in [2.75, 3.05) is 60.0 Å². The molecule has 0 saturated heterocycles. The Balaban J connectivity index is 0.000000697. The van der Waals surface area contributed by atoms with Crippen LogP contribution in [0.4, 0.5) is 0 Å². The molecule has 0 aromatic heterocycles. The van der Waals surface area contributed by atoms with Gasteiger partial charge < -0.3 is 121 Å². The fourth-order valence-corrected chi connectivity index (χ4v) is 6.77. The number of rotatable bonds is 28. The summed E-state index contributed by atoms with van der Waals surface area (Å²) in [5, 5.41) is 38.9. The average molecular weight is 1630 g/mol. The Bertz CT molecular complexity index is 4240. The number of aliphatic carboxylic acids is 1. The van der Waals surface area contributed by atoms with E-state index < -0.39 is 113 Å². The number of carbonyl (C=O) groups excluding carboxylic acids is 17. The van der Waals surface area contributed by atoms with Gasteiger partial charge in [0.15, 0.2) is 0 Å². The highest BCUT2D eigenvalue weighted by Gasteiger charge is 2.23. The summed E-state index contributed by atoms with van der Waals surface area (Å²) in [5.74, 6) is -9.16. The van der Waals surface area contributed by atoms with Crippen molar-refractivity contribution < 1.29 is 144 Å². The van der Waals surface area contributed by atoms with Gasteiger partial charge >= 0.3 is 71.6 Å². The lowest BCUT2D eigenvalue weighted by Crippen LogP contribution is -2.36. The average Bonchev–Trinajstić information content (AvgIpc) is 0.908. The molecule has 116 heavy (non-hydrogen) atoms. The van der Waals surface area contributed by atoms with Crippen LogP contribution < -0.4 is 63.8 Å². The third-order valence-electron chi connectivity index (χ3n) is 12.0. The molecule has 0 aliphatic carbocycles. The van der Waals surface area contributed by atoms with Crippen LogP contribution in [-0.2, 0) is 138 Å². The molecule has 13 N–H and O–H groups in total. The monoisotopic (exact) mass is 1620 g/mol. The zero-order valence-corrected chi connectivity index (χ0v) is 64.2. The number of ether oxygens (including phenoxy) is 11. The number of amides is 6. The summed E-state index contributed by atoms with van der Waals surface area (Å²) in [6.45, 7) is 34.2. The second-order valence-electron chi connectivity index (χ2n) is 23.8. The Morgan fingerprint density at radius 2 is 0.560 bits per heavy atom. The van der Waals surface area contributed by atoms with Gasteiger partial charge in [0.25, 0.3) is 35.4 Å². The van der Waals surface area contributed by atoms with E-state index in [1.165, 1.54) is 44.3 Å². The van der Waals surface area contributed by atoms with Gasteiger partial charge in [-0.3, -0.25) is 28.8 Å². The van der Waals surface area contributed by atoms with Crippen LogP contribution in [0.5, 0.6) is 0 Å². The van der Waals surface area contributed by atoms with E-state index in [9.17, 15) is 86.3 Å². The Hall–Kier alpha value is -15.4. The minimum atomic E-state index is -1.26. The lowest BCUT2D eigenvalue weighted by atomic mass is 10.2. The maximum absolute atomic E-state index is 11.5. The quantitative estimate of drug-likeness (QED) is 0.0261. The second kappa shape index (κ2) is 52.6. The van der Waals surface area contributed by atoms with E-state index >= 15 is 0 Å². The molecule has 0 aromatic rings. The number of esters is 11. The third-order valence-corrected chi connectivity index (χ3v) is 12.0. The molecule has 0 radical (unpaired) electrons. The zero-order chi connectivity index (χ0) is 87.6. The molecule has 6 amide bonds. The van der Waals surface area contributed by atoms with Gasteiger partial charge in [0.05, 0.1) is 59.9 Å². The molecule has 42 nitrogen and oxygen atoms in total. The molecule has 0 fully saturated rings. The SMILES string of the molecule is C=C1NC=C(COC(=O)/C=C/C(=O)O)C(=O)N1.C=C1NC=C(COC(=O)/C=C/C(=O)OC(C)(C)C)C(=O)N1.C=C1NC=C(COC(=O)/C=C/C(=O)OC(C)C)C(=O)N1.C=C1NC=C(COC(=O)/C=C/C(=O)OC)C(=O)N1.C=C1NC=C(COC(=O)/C=C/C(=O)OCC(C)C)C(=O)N1.C=C1NC=C(COC(=O)/C=C/C(=O)OCC)C(=O)N1. The van der Waals surface area contributed by atoms with Gasteiger partial charge in [-0.05, 0) is 47.5 Å². The zero-order valence-electron chi connectivity index (χ0n) is 64.2. The highest BCUT2D eigenvalue weighted by molar-refractivity contribution is 6.01. The number of hydrogen-bond acceptors (Lipinski definition) is 35. The number of hydrogen-bond donors (Lipinski definition) is 13. The van der Waals surface area contributed by atoms with Crippen LogP contribution in [0.3, 0.4) is 0 Å². The highest BCUT2D eigenvalue weighted by Crippen LogP contribution is 2.10. The van der Waals surface area contributed by atoms with Gasteiger partial charge in [0.2, 0.25) is 0 Å². The number of methoxy groups -OCH3 is 1. The summed E-state index contributed by atoms with van der Waals surface area (Å²) in [7, 11) is 1.19.